The van der Waals surface area contributed by atoms with Gasteiger partial charge in [-0.3, -0.25) is 0 Å². The fraction of sp³-hybridized carbons (Fsp3) is 0.100. The molecule has 1 aromatic heterocycles. The standard InChI is InChI=1S/C30H22ClN3/c1-30(2)25-11-7-6-10-23(25)24-17-16-22(18-26(24)30)19-12-14-21(15-13-19)28-32-27(33-29(31)34-28)20-8-4-3-5-9-20/h3-18H,1-2H3. The monoisotopic (exact) mass is 459 g/mol. The number of nitrogens with zero attached hydrogens (tertiary/aromatic N) is 3. The van der Waals surface area contributed by atoms with Crippen molar-refractivity contribution in [3.05, 3.63) is 113 Å². The van der Waals surface area contributed by atoms with Gasteiger partial charge in [-0.25, -0.2) is 4.98 Å². The number of rotatable bonds is 3. The van der Waals surface area contributed by atoms with E-state index in [1.807, 2.05) is 42.5 Å². The first-order valence-electron chi connectivity index (χ1n) is 11.3. The number of benzene rings is 4. The summed E-state index contributed by atoms with van der Waals surface area (Å²) in [6.07, 6.45) is 0. The molecule has 0 aliphatic heterocycles. The van der Waals surface area contributed by atoms with Gasteiger partial charge in [-0.2, -0.15) is 9.97 Å². The van der Waals surface area contributed by atoms with E-state index in [0.29, 0.717) is 11.6 Å². The molecule has 0 saturated carbocycles. The normalized spacial score (nSPS) is 13.4. The number of halogens is 1. The summed E-state index contributed by atoms with van der Waals surface area (Å²) in [5, 5.41) is 0.188. The maximum absolute atomic E-state index is 6.23. The van der Waals surface area contributed by atoms with Crippen LogP contribution in [0.2, 0.25) is 5.28 Å². The molecule has 0 saturated heterocycles. The molecule has 0 atom stereocenters. The van der Waals surface area contributed by atoms with Crippen LogP contribution in [0.1, 0.15) is 25.0 Å². The van der Waals surface area contributed by atoms with E-state index in [0.717, 1.165) is 16.7 Å². The molecule has 1 aliphatic rings. The van der Waals surface area contributed by atoms with E-state index in [4.69, 9.17) is 11.6 Å². The molecule has 0 unspecified atom stereocenters. The van der Waals surface area contributed by atoms with Gasteiger partial charge >= 0.3 is 0 Å². The molecule has 0 amide bonds. The van der Waals surface area contributed by atoms with Crippen LogP contribution in [0.4, 0.5) is 0 Å². The van der Waals surface area contributed by atoms with Gasteiger partial charge in [0.25, 0.3) is 0 Å². The fourth-order valence-corrected chi connectivity index (χ4v) is 5.05. The van der Waals surface area contributed by atoms with Gasteiger partial charge < -0.3 is 0 Å². The molecular formula is C30H22ClN3. The summed E-state index contributed by atoms with van der Waals surface area (Å²) >= 11 is 6.23. The summed E-state index contributed by atoms with van der Waals surface area (Å²) in [4.78, 5) is 13.3. The van der Waals surface area contributed by atoms with Gasteiger partial charge in [-0.05, 0) is 51.0 Å². The molecule has 4 aromatic carbocycles. The summed E-state index contributed by atoms with van der Waals surface area (Å²) < 4.78 is 0. The van der Waals surface area contributed by atoms with E-state index < -0.39 is 0 Å². The minimum Gasteiger partial charge on any atom is -0.208 e. The predicted octanol–water partition coefficient (Wildman–Crippen LogP) is 7.83. The third-order valence-corrected chi connectivity index (χ3v) is 6.87. The van der Waals surface area contributed by atoms with Gasteiger partial charge in [0.05, 0.1) is 0 Å². The molecule has 0 radical (unpaired) electrons. The lowest BCUT2D eigenvalue weighted by Gasteiger charge is -2.22. The van der Waals surface area contributed by atoms with Crippen LogP contribution >= 0.6 is 11.6 Å². The molecule has 0 fully saturated rings. The van der Waals surface area contributed by atoms with E-state index in [2.05, 4.69) is 83.4 Å². The zero-order valence-corrected chi connectivity index (χ0v) is 19.7. The summed E-state index contributed by atoms with van der Waals surface area (Å²) in [5.41, 5.74) is 9.57. The van der Waals surface area contributed by atoms with Gasteiger partial charge in [0.1, 0.15) is 0 Å². The predicted molar refractivity (Wildman–Crippen MR) is 139 cm³/mol. The van der Waals surface area contributed by atoms with Gasteiger partial charge in [-0.1, -0.05) is 105 Å². The number of hydrogen-bond donors (Lipinski definition) is 0. The molecule has 3 nitrogen and oxygen atoms in total. The van der Waals surface area contributed by atoms with Crippen molar-refractivity contribution in [3.8, 4) is 45.0 Å². The molecule has 0 bridgehead atoms. The Hall–Kier alpha value is -3.82. The topological polar surface area (TPSA) is 38.7 Å². The first kappa shape index (κ1) is 20.8. The highest BCUT2D eigenvalue weighted by Gasteiger charge is 2.35. The summed E-state index contributed by atoms with van der Waals surface area (Å²) in [5.74, 6) is 1.14. The highest BCUT2D eigenvalue weighted by atomic mass is 35.5. The Kier molecular flexibility index (Phi) is 4.82. The first-order valence-corrected chi connectivity index (χ1v) is 11.7. The van der Waals surface area contributed by atoms with Crippen molar-refractivity contribution < 1.29 is 0 Å². The summed E-state index contributed by atoms with van der Waals surface area (Å²) in [6.45, 7) is 4.61. The van der Waals surface area contributed by atoms with Crippen LogP contribution in [0, 0.1) is 0 Å². The van der Waals surface area contributed by atoms with Crippen molar-refractivity contribution in [2.75, 3.05) is 0 Å². The Bertz CT molecular complexity index is 1520. The van der Waals surface area contributed by atoms with Crippen LogP contribution < -0.4 is 0 Å². The zero-order chi connectivity index (χ0) is 23.3. The van der Waals surface area contributed by atoms with Crippen LogP contribution in [0.3, 0.4) is 0 Å². The third-order valence-electron chi connectivity index (χ3n) is 6.70. The molecule has 164 valence electrons. The van der Waals surface area contributed by atoms with Gasteiger partial charge in [0.2, 0.25) is 5.28 Å². The quantitative estimate of drug-likeness (QED) is 0.276. The van der Waals surface area contributed by atoms with E-state index in [1.165, 1.54) is 27.8 Å². The lowest BCUT2D eigenvalue weighted by atomic mass is 9.81. The van der Waals surface area contributed by atoms with E-state index in [-0.39, 0.29) is 10.7 Å². The smallest absolute Gasteiger partial charge is 0.208 e. The average Bonchev–Trinajstić information content (AvgIpc) is 3.11. The maximum atomic E-state index is 6.23. The van der Waals surface area contributed by atoms with Crippen LogP contribution in [0.15, 0.2) is 97.1 Å². The Morgan fingerprint density at radius 1 is 0.529 bits per heavy atom. The fourth-order valence-electron chi connectivity index (χ4n) is 4.89. The molecule has 1 aliphatic carbocycles. The maximum Gasteiger partial charge on any atom is 0.226 e. The SMILES string of the molecule is CC1(C)c2ccccc2-c2ccc(-c3ccc(-c4nc(Cl)nc(-c5ccccc5)n4)cc3)cc21. The lowest BCUT2D eigenvalue weighted by molar-refractivity contribution is 0.660. The Morgan fingerprint density at radius 3 is 1.82 bits per heavy atom. The van der Waals surface area contributed by atoms with Crippen LogP contribution in [0.5, 0.6) is 0 Å². The van der Waals surface area contributed by atoms with Gasteiger partial charge in [0.15, 0.2) is 11.6 Å². The molecule has 5 aromatic rings. The van der Waals surface area contributed by atoms with Crippen LogP contribution in [0.25, 0.3) is 45.0 Å². The first-order chi connectivity index (χ1) is 16.5. The minimum absolute atomic E-state index is 0.0165. The second-order valence-electron chi connectivity index (χ2n) is 9.13. The van der Waals surface area contributed by atoms with Crippen molar-refractivity contribution in [3.63, 3.8) is 0 Å². The van der Waals surface area contributed by atoms with Crippen molar-refractivity contribution in [2.24, 2.45) is 0 Å². The van der Waals surface area contributed by atoms with Crippen molar-refractivity contribution in [1.82, 2.24) is 15.0 Å². The minimum atomic E-state index is -0.0165. The van der Waals surface area contributed by atoms with E-state index >= 15 is 0 Å². The molecule has 0 N–H and O–H groups in total. The van der Waals surface area contributed by atoms with Crippen LogP contribution in [-0.4, -0.2) is 15.0 Å². The third kappa shape index (κ3) is 3.41. The molecule has 6 rings (SSSR count). The molecule has 1 heterocycles. The Morgan fingerprint density at radius 2 is 1.09 bits per heavy atom. The summed E-state index contributed by atoms with van der Waals surface area (Å²) in [6, 6.07) is 33.6. The lowest BCUT2D eigenvalue weighted by Crippen LogP contribution is -2.14. The second kappa shape index (κ2) is 7.89. The van der Waals surface area contributed by atoms with Crippen molar-refractivity contribution >= 4 is 11.6 Å². The zero-order valence-electron chi connectivity index (χ0n) is 19.0. The average molecular weight is 460 g/mol. The van der Waals surface area contributed by atoms with Crippen molar-refractivity contribution in [1.29, 1.82) is 0 Å². The Balaban J connectivity index is 1.36. The molecule has 4 heteroatoms. The summed E-state index contributed by atoms with van der Waals surface area (Å²) in [7, 11) is 0. The highest BCUT2D eigenvalue weighted by molar-refractivity contribution is 6.28. The number of fused-ring (bicyclic) bond motifs is 3. The second-order valence-corrected chi connectivity index (χ2v) is 9.46. The van der Waals surface area contributed by atoms with Gasteiger partial charge in [0, 0.05) is 16.5 Å². The highest BCUT2D eigenvalue weighted by Crippen LogP contribution is 2.49. The van der Waals surface area contributed by atoms with E-state index in [1.54, 1.807) is 0 Å². The van der Waals surface area contributed by atoms with Crippen molar-refractivity contribution in [2.45, 2.75) is 19.3 Å². The number of hydrogen-bond acceptors (Lipinski definition) is 3. The number of aromatic nitrogens is 3. The largest absolute Gasteiger partial charge is 0.226 e. The molecular weight excluding hydrogens is 438 g/mol. The van der Waals surface area contributed by atoms with Crippen LogP contribution in [-0.2, 0) is 5.41 Å². The molecule has 34 heavy (non-hydrogen) atoms. The van der Waals surface area contributed by atoms with Gasteiger partial charge in [-0.15, -0.1) is 0 Å². The molecule has 0 spiro atoms. The van der Waals surface area contributed by atoms with E-state index in [9.17, 15) is 0 Å². The Labute approximate surface area is 204 Å².